The van der Waals surface area contributed by atoms with Gasteiger partial charge in [0.2, 0.25) is 5.91 Å². The number of carbonyl (C=O) groups excluding carboxylic acids is 1. The third-order valence-corrected chi connectivity index (χ3v) is 5.87. The molecule has 0 heterocycles. The minimum atomic E-state index is 0.145. The van der Waals surface area contributed by atoms with Crippen molar-refractivity contribution in [3.63, 3.8) is 0 Å². The fourth-order valence-electron chi connectivity index (χ4n) is 4.21. The van der Waals surface area contributed by atoms with Gasteiger partial charge in [0.25, 0.3) is 0 Å². The average molecular weight is 295 g/mol. The summed E-state index contributed by atoms with van der Waals surface area (Å²) in [4.78, 5) is 14.9. The zero-order valence-electron chi connectivity index (χ0n) is 13.9. The van der Waals surface area contributed by atoms with Crippen LogP contribution in [0.4, 0.5) is 0 Å². The molecule has 2 atom stereocenters. The highest BCUT2D eigenvalue weighted by molar-refractivity contribution is 5.79. The molecule has 2 aliphatic rings. The number of hydrogen-bond acceptors (Lipinski definition) is 3. The lowest BCUT2D eigenvalue weighted by molar-refractivity contribution is -0.128. The normalized spacial score (nSPS) is 29.3. The molecule has 0 spiro atoms. The Labute approximate surface area is 129 Å². The van der Waals surface area contributed by atoms with Crippen LogP contribution in [0.1, 0.15) is 57.8 Å². The smallest absolute Gasteiger partial charge is 0.223 e. The number of nitrogens with two attached hydrogens (primary N) is 1. The van der Waals surface area contributed by atoms with Crippen LogP contribution in [0.15, 0.2) is 0 Å². The molecule has 2 aliphatic carbocycles. The van der Waals surface area contributed by atoms with Gasteiger partial charge in [-0.05, 0) is 52.2 Å². The van der Waals surface area contributed by atoms with Crippen molar-refractivity contribution in [1.29, 1.82) is 0 Å². The second kappa shape index (κ2) is 7.59. The number of rotatable bonds is 5. The highest BCUT2D eigenvalue weighted by Crippen LogP contribution is 2.33. The standard InChI is InChI=1S/C17H33N3O/c1-20(2)17(10-6-3-7-11-17)13-19-16(21)15-9-5-4-8-14(15)12-18/h14-15H,3-13,18H2,1-2H3,(H,19,21). The molecule has 0 saturated heterocycles. The summed E-state index contributed by atoms with van der Waals surface area (Å²) >= 11 is 0. The van der Waals surface area contributed by atoms with Crippen LogP contribution in [0.25, 0.3) is 0 Å². The largest absolute Gasteiger partial charge is 0.354 e. The second-order valence-corrected chi connectivity index (χ2v) is 7.28. The maximum atomic E-state index is 12.6. The third kappa shape index (κ3) is 3.98. The first-order valence-corrected chi connectivity index (χ1v) is 8.74. The molecule has 2 fully saturated rings. The minimum Gasteiger partial charge on any atom is -0.354 e. The van der Waals surface area contributed by atoms with E-state index in [1.54, 1.807) is 0 Å². The quantitative estimate of drug-likeness (QED) is 0.817. The van der Waals surface area contributed by atoms with E-state index in [4.69, 9.17) is 5.73 Å². The highest BCUT2D eigenvalue weighted by atomic mass is 16.1. The Hall–Kier alpha value is -0.610. The van der Waals surface area contributed by atoms with E-state index >= 15 is 0 Å². The van der Waals surface area contributed by atoms with E-state index < -0.39 is 0 Å². The van der Waals surface area contributed by atoms with E-state index in [1.165, 1.54) is 44.9 Å². The van der Waals surface area contributed by atoms with Crippen LogP contribution < -0.4 is 11.1 Å². The number of hydrogen-bond donors (Lipinski definition) is 2. The minimum absolute atomic E-state index is 0.145. The summed E-state index contributed by atoms with van der Waals surface area (Å²) in [5.41, 5.74) is 6.02. The number of carbonyl (C=O) groups is 1. The summed E-state index contributed by atoms with van der Waals surface area (Å²) in [6, 6.07) is 0. The summed E-state index contributed by atoms with van der Waals surface area (Å²) in [5.74, 6) is 0.781. The van der Waals surface area contributed by atoms with Crippen molar-refractivity contribution >= 4 is 5.91 Å². The molecule has 21 heavy (non-hydrogen) atoms. The van der Waals surface area contributed by atoms with Crippen molar-refractivity contribution in [3.05, 3.63) is 0 Å². The van der Waals surface area contributed by atoms with Crippen LogP contribution >= 0.6 is 0 Å². The fourth-order valence-corrected chi connectivity index (χ4v) is 4.21. The molecular formula is C17H33N3O. The molecule has 2 saturated carbocycles. The molecule has 2 unspecified atom stereocenters. The second-order valence-electron chi connectivity index (χ2n) is 7.28. The van der Waals surface area contributed by atoms with Crippen molar-refractivity contribution in [2.45, 2.75) is 63.3 Å². The van der Waals surface area contributed by atoms with Crippen LogP contribution in [0.2, 0.25) is 0 Å². The molecule has 0 aliphatic heterocycles. The Balaban J connectivity index is 1.92. The van der Waals surface area contributed by atoms with E-state index in [0.29, 0.717) is 12.5 Å². The van der Waals surface area contributed by atoms with Gasteiger partial charge in [-0.3, -0.25) is 4.79 Å². The van der Waals surface area contributed by atoms with Crippen LogP contribution in [0.3, 0.4) is 0 Å². The third-order valence-electron chi connectivity index (χ3n) is 5.87. The van der Waals surface area contributed by atoms with Gasteiger partial charge < -0.3 is 16.0 Å². The summed E-state index contributed by atoms with van der Waals surface area (Å²) in [6.45, 7) is 1.45. The summed E-state index contributed by atoms with van der Waals surface area (Å²) in [5, 5.41) is 3.27. The maximum absolute atomic E-state index is 12.6. The Bertz CT molecular complexity index is 337. The van der Waals surface area contributed by atoms with Crippen molar-refractivity contribution in [1.82, 2.24) is 10.2 Å². The van der Waals surface area contributed by atoms with Gasteiger partial charge in [-0.2, -0.15) is 0 Å². The lowest BCUT2D eigenvalue weighted by Gasteiger charge is -2.43. The molecule has 0 aromatic heterocycles. The highest BCUT2D eigenvalue weighted by Gasteiger charge is 2.36. The first-order chi connectivity index (χ1) is 10.1. The molecular weight excluding hydrogens is 262 g/mol. The van der Waals surface area contributed by atoms with E-state index in [9.17, 15) is 4.79 Å². The van der Waals surface area contributed by atoms with Gasteiger partial charge in [-0.25, -0.2) is 0 Å². The zero-order chi connectivity index (χ0) is 15.3. The monoisotopic (exact) mass is 295 g/mol. The van der Waals surface area contributed by atoms with Crippen LogP contribution in [-0.2, 0) is 4.79 Å². The number of nitrogens with zero attached hydrogens (tertiary/aromatic N) is 1. The van der Waals surface area contributed by atoms with Gasteiger partial charge in [-0.1, -0.05) is 32.1 Å². The van der Waals surface area contributed by atoms with Gasteiger partial charge in [-0.15, -0.1) is 0 Å². The number of nitrogens with one attached hydrogen (secondary N) is 1. The predicted molar refractivity (Wildman–Crippen MR) is 87.0 cm³/mol. The van der Waals surface area contributed by atoms with E-state index in [0.717, 1.165) is 19.4 Å². The molecule has 0 radical (unpaired) electrons. The van der Waals surface area contributed by atoms with Gasteiger partial charge in [0.1, 0.15) is 0 Å². The molecule has 0 aromatic carbocycles. The van der Waals surface area contributed by atoms with Crippen molar-refractivity contribution in [2.75, 3.05) is 27.2 Å². The van der Waals surface area contributed by atoms with Crippen LogP contribution in [0.5, 0.6) is 0 Å². The maximum Gasteiger partial charge on any atom is 0.223 e. The van der Waals surface area contributed by atoms with E-state index in [1.807, 2.05) is 0 Å². The summed E-state index contributed by atoms with van der Waals surface area (Å²) in [7, 11) is 4.31. The molecule has 0 bridgehead atoms. The SMILES string of the molecule is CN(C)C1(CNC(=O)C2CCCCC2CN)CCCCC1. The van der Waals surface area contributed by atoms with E-state index in [2.05, 4.69) is 24.3 Å². The van der Waals surface area contributed by atoms with Crippen molar-refractivity contribution in [3.8, 4) is 0 Å². The summed E-state index contributed by atoms with van der Waals surface area (Å²) in [6.07, 6.45) is 10.8. The predicted octanol–water partition coefficient (Wildman–Crippen LogP) is 2.13. The van der Waals surface area contributed by atoms with Gasteiger partial charge in [0.15, 0.2) is 0 Å². The Morgan fingerprint density at radius 3 is 2.43 bits per heavy atom. The molecule has 4 heteroatoms. The molecule has 3 N–H and O–H groups in total. The molecule has 4 nitrogen and oxygen atoms in total. The van der Waals surface area contributed by atoms with Crippen molar-refractivity contribution < 1.29 is 4.79 Å². The number of likely N-dealkylation sites (N-methyl/N-ethyl adjacent to an activating group) is 1. The molecule has 122 valence electrons. The first-order valence-electron chi connectivity index (χ1n) is 8.74. The molecule has 2 rings (SSSR count). The van der Waals surface area contributed by atoms with Gasteiger partial charge in [0.05, 0.1) is 0 Å². The van der Waals surface area contributed by atoms with Crippen molar-refractivity contribution in [2.24, 2.45) is 17.6 Å². The Morgan fingerprint density at radius 1 is 1.14 bits per heavy atom. The Morgan fingerprint density at radius 2 is 1.81 bits per heavy atom. The molecule has 1 amide bonds. The summed E-state index contributed by atoms with van der Waals surface area (Å²) < 4.78 is 0. The average Bonchev–Trinajstić information content (AvgIpc) is 2.53. The van der Waals surface area contributed by atoms with Crippen LogP contribution in [-0.4, -0.2) is 43.5 Å². The number of amides is 1. The van der Waals surface area contributed by atoms with Crippen LogP contribution in [0, 0.1) is 11.8 Å². The van der Waals surface area contributed by atoms with Gasteiger partial charge >= 0.3 is 0 Å². The Kier molecular flexibility index (Phi) is 6.06. The first kappa shape index (κ1) is 16.8. The van der Waals surface area contributed by atoms with Gasteiger partial charge in [0, 0.05) is 18.0 Å². The van der Waals surface area contributed by atoms with E-state index in [-0.39, 0.29) is 17.4 Å². The molecule has 0 aromatic rings. The zero-order valence-corrected chi connectivity index (χ0v) is 13.9. The lowest BCUT2D eigenvalue weighted by atomic mass is 9.78. The topological polar surface area (TPSA) is 58.4 Å². The lowest BCUT2D eigenvalue weighted by Crippen LogP contribution is -2.55. The fraction of sp³-hybridized carbons (Fsp3) is 0.941.